The lowest BCUT2D eigenvalue weighted by atomic mass is 9.50. The largest absolute Gasteiger partial charge is 0.389 e. The Bertz CT molecular complexity index is 1270. The van der Waals surface area contributed by atoms with Crippen molar-refractivity contribution >= 4 is 34.1 Å². The van der Waals surface area contributed by atoms with Crippen LogP contribution in [0.5, 0.6) is 0 Å². The molecule has 0 radical (unpaired) electrons. The number of anilines is 2. The van der Waals surface area contributed by atoms with E-state index in [2.05, 4.69) is 20.1 Å². The molecule has 10 heteroatoms. The van der Waals surface area contributed by atoms with Gasteiger partial charge in [0.15, 0.2) is 0 Å². The molecule has 2 bridgehead atoms. The Kier molecular flexibility index (Phi) is 5.07. The van der Waals surface area contributed by atoms with Crippen molar-refractivity contribution in [1.82, 2.24) is 24.6 Å². The molecule has 4 heterocycles. The maximum atomic E-state index is 15.4. The number of aromatic nitrogens is 4. The Morgan fingerprint density at radius 2 is 2.06 bits per heavy atom. The summed E-state index contributed by atoms with van der Waals surface area (Å²) in [7, 11) is 0. The minimum Gasteiger partial charge on any atom is -0.389 e. The van der Waals surface area contributed by atoms with Crippen molar-refractivity contribution in [3.05, 3.63) is 41.3 Å². The van der Waals surface area contributed by atoms with Gasteiger partial charge in [0.1, 0.15) is 6.17 Å². The SMILES string of the molecule is O[C@@H]1COC[C@@H]1N1CC[C@@H](c2cc3nc(Nc4cnn(C56CC(C5)C6)c4)ncc3cc2Cl)[C@H](F)C1. The molecule has 3 saturated carbocycles. The molecule has 2 aromatic heterocycles. The van der Waals surface area contributed by atoms with Crippen molar-refractivity contribution < 1.29 is 14.2 Å². The van der Waals surface area contributed by atoms with Gasteiger partial charge in [0.2, 0.25) is 5.95 Å². The van der Waals surface area contributed by atoms with E-state index < -0.39 is 12.3 Å². The molecule has 0 unspecified atom stereocenters. The Hall–Kier alpha value is -2.33. The molecule has 4 atom stereocenters. The van der Waals surface area contributed by atoms with E-state index in [4.69, 9.17) is 21.3 Å². The summed E-state index contributed by atoms with van der Waals surface area (Å²) in [5.74, 6) is 1.05. The molecule has 0 spiro atoms. The van der Waals surface area contributed by atoms with Gasteiger partial charge >= 0.3 is 0 Å². The Balaban J connectivity index is 1.10. The van der Waals surface area contributed by atoms with Gasteiger partial charge in [0.25, 0.3) is 0 Å². The Morgan fingerprint density at radius 3 is 2.77 bits per heavy atom. The number of hydrogen-bond acceptors (Lipinski definition) is 7. The van der Waals surface area contributed by atoms with E-state index in [0.717, 1.165) is 28.1 Å². The Morgan fingerprint density at radius 1 is 1.20 bits per heavy atom. The molecule has 5 aliphatic rings. The first-order valence-corrected chi connectivity index (χ1v) is 12.8. The standard InChI is InChI=1S/C25H28ClFN6O2/c26-19-3-15-8-28-24(30-16-9-29-33(10-16)25-5-14(6-25)7-25)31-21(15)4-18(19)17-1-2-32(11-20(17)27)22-12-35-13-23(22)34/h3-4,8-10,14,17,20,22-23,34H,1-2,5-7,11-13H2,(H,28,30,31)/t14?,17-,20+,22-,23+,25?/m0/s1. The van der Waals surface area contributed by atoms with Crippen LogP contribution >= 0.6 is 11.6 Å². The third kappa shape index (κ3) is 3.63. The molecule has 0 amide bonds. The second-order valence-electron chi connectivity index (χ2n) is 10.7. The molecule has 5 fully saturated rings. The van der Waals surface area contributed by atoms with Gasteiger partial charge in [0.05, 0.1) is 48.3 Å². The summed E-state index contributed by atoms with van der Waals surface area (Å²) in [5.41, 5.74) is 2.60. The minimum absolute atomic E-state index is 0.137. The topological polar surface area (TPSA) is 88.3 Å². The summed E-state index contributed by atoms with van der Waals surface area (Å²) in [6.45, 7) is 1.71. The van der Waals surface area contributed by atoms with Crippen LogP contribution in [0.1, 0.15) is 37.2 Å². The number of alkyl halides is 1. The molecule has 3 aliphatic carbocycles. The second kappa shape index (κ2) is 8.09. The molecule has 184 valence electrons. The average Bonchev–Trinajstić information content (AvgIpc) is 3.40. The number of hydrogen-bond donors (Lipinski definition) is 2. The van der Waals surface area contributed by atoms with Crippen LogP contribution in [-0.2, 0) is 10.3 Å². The van der Waals surface area contributed by atoms with E-state index in [1.165, 1.54) is 19.3 Å². The van der Waals surface area contributed by atoms with E-state index in [1.54, 1.807) is 6.20 Å². The monoisotopic (exact) mass is 498 g/mol. The number of nitrogens with zero attached hydrogens (tertiary/aromatic N) is 5. The normalized spacial score (nSPS) is 34.5. The number of halogens is 2. The number of likely N-dealkylation sites (tertiary alicyclic amines) is 1. The molecular weight excluding hydrogens is 471 g/mol. The van der Waals surface area contributed by atoms with Crippen LogP contribution in [-0.4, -0.2) is 74.4 Å². The third-order valence-corrected chi connectivity index (χ3v) is 8.82. The number of aliphatic hydroxyl groups excluding tert-OH is 1. The maximum absolute atomic E-state index is 15.4. The van der Waals surface area contributed by atoms with Crippen molar-refractivity contribution in [3.63, 3.8) is 0 Å². The molecule has 2 saturated heterocycles. The van der Waals surface area contributed by atoms with E-state index in [0.29, 0.717) is 37.2 Å². The fourth-order valence-electron chi connectivity index (χ4n) is 6.36. The fourth-order valence-corrected chi connectivity index (χ4v) is 6.67. The molecule has 35 heavy (non-hydrogen) atoms. The van der Waals surface area contributed by atoms with Gasteiger partial charge in [-0.05, 0) is 55.8 Å². The van der Waals surface area contributed by atoms with Gasteiger partial charge in [-0.2, -0.15) is 5.10 Å². The molecule has 2 aliphatic heterocycles. The zero-order valence-corrected chi connectivity index (χ0v) is 20.0. The van der Waals surface area contributed by atoms with Crippen LogP contribution in [0.4, 0.5) is 16.0 Å². The van der Waals surface area contributed by atoms with Crippen LogP contribution in [0.25, 0.3) is 10.9 Å². The maximum Gasteiger partial charge on any atom is 0.227 e. The first kappa shape index (κ1) is 21.9. The Labute approximate surface area is 207 Å². The molecule has 3 aromatic rings. The fraction of sp³-hybridized carbons (Fsp3) is 0.560. The van der Waals surface area contributed by atoms with Gasteiger partial charge in [-0.15, -0.1) is 0 Å². The molecule has 1 aromatic carbocycles. The number of piperidine rings is 1. The van der Waals surface area contributed by atoms with Crippen molar-refractivity contribution in [2.45, 2.75) is 55.5 Å². The summed E-state index contributed by atoms with van der Waals surface area (Å²) in [6, 6.07) is 3.59. The van der Waals surface area contributed by atoms with Gasteiger partial charge in [-0.3, -0.25) is 9.58 Å². The van der Waals surface area contributed by atoms with Gasteiger partial charge in [-0.1, -0.05) is 11.6 Å². The summed E-state index contributed by atoms with van der Waals surface area (Å²) >= 11 is 6.60. The number of nitrogens with one attached hydrogen (secondary N) is 1. The number of rotatable bonds is 5. The molecule has 8 rings (SSSR count). The van der Waals surface area contributed by atoms with Gasteiger partial charge in [0, 0.05) is 35.3 Å². The lowest BCUT2D eigenvalue weighted by Crippen LogP contribution is -2.59. The van der Waals surface area contributed by atoms with Crippen LogP contribution in [0.2, 0.25) is 5.02 Å². The highest BCUT2D eigenvalue weighted by atomic mass is 35.5. The van der Waals surface area contributed by atoms with E-state index in [1.807, 2.05) is 29.4 Å². The van der Waals surface area contributed by atoms with Crippen LogP contribution in [0.3, 0.4) is 0 Å². The van der Waals surface area contributed by atoms with Crippen molar-refractivity contribution in [3.8, 4) is 0 Å². The summed E-state index contributed by atoms with van der Waals surface area (Å²) in [4.78, 5) is 11.1. The summed E-state index contributed by atoms with van der Waals surface area (Å²) < 4.78 is 22.8. The van der Waals surface area contributed by atoms with Crippen LogP contribution in [0.15, 0.2) is 30.7 Å². The third-order valence-electron chi connectivity index (χ3n) is 8.49. The van der Waals surface area contributed by atoms with Crippen LogP contribution in [0, 0.1) is 5.92 Å². The summed E-state index contributed by atoms with van der Waals surface area (Å²) in [6.07, 6.45) is 8.25. The minimum atomic E-state index is -1.09. The smallest absolute Gasteiger partial charge is 0.227 e. The predicted molar refractivity (Wildman–Crippen MR) is 130 cm³/mol. The van der Waals surface area contributed by atoms with Crippen molar-refractivity contribution in [2.75, 3.05) is 31.6 Å². The zero-order valence-electron chi connectivity index (χ0n) is 19.3. The first-order chi connectivity index (χ1) is 17.0. The molecule has 2 N–H and O–H groups in total. The number of benzene rings is 1. The van der Waals surface area contributed by atoms with Crippen LogP contribution < -0.4 is 5.32 Å². The van der Waals surface area contributed by atoms with Gasteiger partial charge in [-0.25, -0.2) is 14.4 Å². The second-order valence-corrected chi connectivity index (χ2v) is 11.1. The lowest BCUT2D eigenvalue weighted by molar-refractivity contribution is -0.0977. The van der Waals surface area contributed by atoms with E-state index in [9.17, 15) is 5.11 Å². The van der Waals surface area contributed by atoms with Crippen molar-refractivity contribution in [2.24, 2.45) is 5.92 Å². The van der Waals surface area contributed by atoms with E-state index >= 15 is 4.39 Å². The highest BCUT2D eigenvalue weighted by Crippen LogP contribution is 2.62. The zero-order chi connectivity index (χ0) is 23.7. The number of aliphatic hydroxyl groups is 1. The lowest BCUT2D eigenvalue weighted by Gasteiger charge is -2.61. The predicted octanol–water partition coefficient (Wildman–Crippen LogP) is 3.62. The van der Waals surface area contributed by atoms with Gasteiger partial charge < -0.3 is 15.2 Å². The average molecular weight is 499 g/mol. The van der Waals surface area contributed by atoms with Crippen molar-refractivity contribution in [1.29, 1.82) is 0 Å². The summed E-state index contributed by atoms with van der Waals surface area (Å²) in [5, 5.41) is 19.3. The molecule has 8 nitrogen and oxygen atoms in total. The first-order valence-electron chi connectivity index (χ1n) is 12.4. The van der Waals surface area contributed by atoms with E-state index in [-0.39, 0.29) is 24.0 Å². The highest BCUT2D eigenvalue weighted by molar-refractivity contribution is 6.32. The number of fused-ring (bicyclic) bond motifs is 1. The highest BCUT2D eigenvalue weighted by Gasteiger charge is 2.58. The molecular formula is C25H28ClFN6O2. The number of ether oxygens (including phenoxy) is 1. The quantitative estimate of drug-likeness (QED) is 0.555.